The summed E-state index contributed by atoms with van der Waals surface area (Å²) in [5.41, 5.74) is 0.0149. The van der Waals surface area contributed by atoms with Gasteiger partial charge in [-0.25, -0.2) is 13.2 Å². The molecule has 1 heterocycles. The number of hydrogen-bond donors (Lipinski definition) is 1. The molecule has 0 saturated heterocycles. The summed E-state index contributed by atoms with van der Waals surface area (Å²) in [5, 5.41) is 8.76. The number of aromatic nitrogens is 1. The molecule has 0 atom stereocenters. The van der Waals surface area contributed by atoms with Crippen LogP contribution in [-0.2, 0) is 15.6 Å². The monoisotopic (exact) mass is 345 g/mol. The van der Waals surface area contributed by atoms with E-state index in [0.29, 0.717) is 5.69 Å². The summed E-state index contributed by atoms with van der Waals surface area (Å²) in [7, 11) is -3.83. The molecule has 5 nitrogen and oxygen atoms in total. The largest absolute Gasteiger partial charge is 0.478 e. The molecule has 0 aliphatic carbocycles. The Morgan fingerprint density at radius 2 is 1.90 bits per heavy atom. The minimum Gasteiger partial charge on any atom is -0.478 e. The standard InChI is InChI=1S/C13H9Cl2NO4S/c14-10-6-11(15)12(5-9(10)13(17)18)21(19,20)7-8-3-1-2-4-16-8/h1-6H,7H2,(H,17,18). The van der Waals surface area contributed by atoms with E-state index < -0.39 is 15.8 Å². The summed E-state index contributed by atoms with van der Waals surface area (Å²) in [5.74, 6) is -1.71. The third kappa shape index (κ3) is 3.53. The molecule has 0 saturated carbocycles. The van der Waals surface area contributed by atoms with E-state index in [4.69, 9.17) is 28.3 Å². The maximum atomic E-state index is 12.3. The first-order valence-corrected chi connectivity index (χ1v) is 8.07. The van der Waals surface area contributed by atoms with Crippen LogP contribution in [0.3, 0.4) is 0 Å². The van der Waals surface area contributed by atoms with Crippen LogP contribution in [0.2, 0.25) is 10.0 Å². The number of rotatable bonds is 4. The van der Waals surface area contributed by atoms with Gasteiger partial charge in [-0.15, -0.1) is 0 Å². The molecule has 0 bridgehead atoms. The van der Waals surface area contributed by atoms with Crippen molar-refractivity contribution in [1.29, 1.82) is 0 Å². The van der Waals surface area contributed by atoms with E-state index in [1.807, 2.05) is 0 Å². The molecule has 8 heteroatoms. The highest BCUT2D eigenvalue weighted by atomic mass is 35.5. The van der Waals surface area contributed by atoms with Gasteiger partial charge in [-0.3, -0.25) is 4.98 Å². The summed E-state index contributed by atoms with van der Waals surface area (Å²) in [6.45, 7) is 0. The van der Waals surface area contributed by atoms with Gasteiger partial charge >= 0.3 is 5.97 Å². The van der Waals surface area contributed by atoms with E-state index >= 15 is 0 Å². The second kappa shape index (κ2) is 6.01. The highest BCUT2D eigenvalue weighted by molar-refractivity contribution is 7.90. The molecule has 0 fully saturated rings. The molecule has 110 valence electrons. The van der Waals surface area contributed by atoms with E-state index in [1.165, 1.54) is 6.20 Å². The van der Waals surface area contributed by atoms with Gasteiger partial charge in [0.05, 0.1) is 32.0 Å². The zero-order chi connectivity index (χ0) is 15.6. The molecule has 0 amide bonds. The third-order valence-electron chi connectivity index (χ3n) is 2.65. The summed E-state index contributed by atoms with van der Waals surface area (Å²) >= 11 is 11.6. The van der Waals surface area contributed by atoms with Crippen molar-refractivity contribution >= 4 is 39.0 Å². The number of carbonyl (C=O) groups is 1. The Kier molecular flexibility index (Phi) is 4.51. The Morgan fingerprint density at radius 1 is 1.19 bits per heavy atom. The molecule has 0 radical (unpaired) electrons. The van der Waals surface area contributed by atoms with Gasteiger partial charge in [-0.2, -0.15) is 0 Å². The minimum atomic E-state index is -3.83. The Labute approximate surface area is 131 Å². The molecular weight excluding hydrogens is 337 g/mol. The number of pyridine rings is 1. The van der Waals surface area contributed by atoms with Gasteiger partial charge in [0.1, 0.15) is 0 Å². The number of benzene rings is 1. The Hall–Kier alpha value is -1.63. The fourth-order valence-corrected chi connectivity index (χ4v) is 3.87. The minimum absolute atomic E-state index is 0.121. The van der Waals surface area contributed by atoms with Crippen LogP contribution in [0.4, 0.5) is 0 Å². The van der Waals surface area contributed by atoms with Crippen LogP contribution in [0.5, 0.6) is 0 Å². The lowest BCUT2D eigenvalue weighted by molar-refractivity contribution is 0.0697. The van der Waals surface area contributed by atoms with Crippen LogP contribution in [0, 0.1) is 0 Å². The predicted octanol–water partition coefficient (Wildman–Crippen LogP) is 3.06. The van der Waals surface area contributed by atoms with Gasteiger partial charge in [0.2, 0.25) is 0 Å². The molecule has 1 aromatic carbocycles. The summed E-state index contributed by atoms with van der Waals surface area (Å²) < 4.78 is 24.7. The van der Waals surface area contributed by atoms with Crippen molar-refractivity contribution in [2.45, 2.75) is 10.6 Å². The lowest BCUT2D eigenvalue weighted by Crippen LogP contribution is -2.09. The molecule has 0 aliphatic heterocycles. The first kappa shape index (κ1) is 15.8. The van der Waals surface area contributed by atoms with Crippen molar-refractivity contribution in [2.75, 3.05) is 0 Å². The van der Waals surface area contributed by atoms with Crippen LogP contribution < -0.4 is 0 Å². The van der Waals surface area contributed by atoms with Crippen LogP contribution in [0.25, 0.3) is 0 Å². The van der Waals surface area contributed by atoms with Crippen molar-refractivity contribution in [2.24, 2.45) is 0 Å². The third-order valence-corrected chi connectivity index (χ3v) is 5.07. The normalized spacial score (nSPS) is 11.3. The van der Waals surface area contributed by atoms with Gasteiger partial charge < -0.3 is 5.11 Å². The quantitative estimate of drug-likeness (QED) is 0.920. The predicted molar refractivity (Wildman–Crippen MR) is 78.5 cm³/mol. The second-order valence-corrected chi connectivity index (χ2v) is 6.92. The fraction of sp³-hybridized carbons (Fsp3) is 0.0769. The Morgan fingerprint density at radius 3 is 2.48 bits per heavy atom. The van der Waals surface area contributed by atoms with Gasteiger partial charge in [-0.05, 0) is 24.3 Å². The smallest absolute Gasteiger partial charge is 0.337 e. The Balaban J connectivity index is 2.50. The Bertz CT molecular complexity index is 791. The second-order valence-electron chi connectivity index (χ2n) is 4.15. The first-order chi connectivity index (χ1) is 9.81. The average Bonchev–Trinajstić information content (AvgIpc) is 2.38. The molecular formula is C13H9Cl2NO4S. The van der Waals surface area contributed by atoms with Crippen molar-refractivity contribution in [3.05, 3.63) is 57.8 Å². The maximum absolute atomic E-state index is 12.3. The SMILES string of the molecule is O=C(O)c1cc(S(=O)(=O)Cc2ccccn2)c(Cl)cc1Cl. The number of halogens is 2. The molecule has 21 heavy (non-hydrogen) atoms. The zero-order valence-electron chi connectivity index (χ0n) is 10.5. The highest BCUT2D eigenvalue weighted by Gasteiger charge is 2.23. The number of nitrogens with zero attached hydrogens (tertiary/aromatic N) is 1. The first-order valence-electron chi connectivity index (χ1n) is 5.66. The van der Waals surface area contributed by atoms with E-state index in [9.17, 15) is 13.2 Å². The van der Waals surface area contributed by atoms with Crippen LogP contribution >= 0.6 is 23.2 Å². The number of carboxylic acids is 1. The number of hydrogen-bond acceptors (Lipinski definition) is 4. The average molecular weight is 346 g/mol. The lowest BCUT2D eigenvalue weighted by atomic mass is 10.2. The van der Waals surface area contributed by atoms with Crippen molar-refractivity contribution in [3.8, 4) is 0 Å². The molecule has 1 N–H and O–H groups in total. The fourth-order valence-electron chi connectivity index (χ4n) is 1.69. The molecule has 0 aliphatic rings. The van der Waals surface area contributed by atoms with Crippen molar-refractivity contribution in [3.63, 3.8) is 0 Å². The maximum Gasteiger partial charge on any atom is 0.337 e. The van der Waals surface area contributed by atoms with E-state index in [2.05, 4.69) is 4.98 Å². The number of aromatic carboxylic acids is 1. The van der Waals surface area contributed by atoms with E-state index in [0.717, 1.165) is 12.1 Å². The van der Waals surface area contributed by atoms with Crippen LogP contribution in [-0.4, -0.2) is 24.5 Å². The van der Waals surface area contributed by atoms with Crippen LogP contribution in [0.1, 0.15) is 16.1 Å². The molecule has 1 aromatic heterocycles. The lowest BCUT2D eigenvalue weighted by Gasteiger charge is -2.08. The van der Waals surface area contributed by atoms with Gasteiger partial charge in [-0.1, -0.05) is 29.3 Å². The molecule has 0 unspecified atom stereocenters. The number of carboxylic acid groups (broad SMARTS) is 1. The van der Waals surface area contributed by atoms with E-state index in [-0.39, 0.29) is 26.3 Å². The van der Waals surface area contributed by atoms with Crippen LogP contribution in [0.15, 0.2) is 41.4 Å². The number of sulfone groups is 1. The summed E-state index contributed by atoms with van der Waals surface area (Å²) in [4.78, 5) is 14.7. The van der Waals surface area contributed by atoms with Gasteiger partial charge in [0.15, 0.2) is 9.84 Å². The van der Waals surface area contributed by atoms with Crippen molar-refractivity contribution < 1.29 is 18.3 Å². The zero-order valence-corrected chi connectivity index (χ0v) is 12.8. The summed E-state index contributed by atoms with van der Waals surface area (Å²) in [6.07, 6.45) is 1.47. The molecule has 0 spiro atoms. The van der Waals surface area contributed by atoms with E-state index in [1.54, 1.807) is 18.2 Å². The summed E-state index contributed by atoms with van der Waals surface area (Å²) in [6, 6.07) is 6.94. The molecule has 2 rings (SSSR count). The van der Waals surface area contributed by atoms with Crippen molar-refractivity contribution in [1.82, 2.24) is 4.98 Å². The highest BCUT2D eigenvalue weighted by Crippen LogP contribution is 2.30. The molecule has 2 aromatic rings. The van der Waals surface area contributed by atoms with Gasteiger partial charge in [0.25, 0.3) is 0 Å². The van der Waals surface area contributed by atoms with Gasteiger partial charge in [0, 0.05) is 6.20 Å². The topological polar surface area (TPSA) is 84.3 Å².